The Morgan fingerprint density at radius 2 is 1.84 bits per heavy atom. The lowest BCUT2D eigenvalue weighted by molar-refractivity contribution is -0.136. The van der Waals surface area contributed by atoms with Crippen LogP contribution in [0.2, 0.25) is 0 Å². The van der Waals surface area contributed by atoms with E-state index in [2.05, 4.69) is 0 Å². The van der Waals surface area contributed by atoms with Crippen LogP contribution < -0.4 is 0 Å². The Morgan fingerprint density at radius 1 is 1.21 bits per heavy atom. The van der Waals surface area contributed by atoms with Crippen LogP contribution in [-0.4, -0.2) is 16.9 Å². The fourth-order valence-corrected chi connectivity index (χ4v) is 1.88. The van der Waals surface area contributed by atoms with Gasteiger partial charge in [-0.15, -0.1) is 0 Å². The molecule has 0 spiro atoms. The third kappa shape index (κ3) is 4.02. The van der Waals surface area contributed by atoms with Gasteiger partial charge >= 0.3 is 5.97 Å². The van der Waals surface area contributed by atoms with Crippen molar-refractivity contribution in [2.45, 2.75) is 25.7 Å². The zero-order valence-corrected chi connectivity index (χ0v) is 10.4. The van der Waals surface area contributed by atoms with Gasteiger partial charge in [0.05, 0.1) is 0 Å². The van der Waals surface area contributed by atoms with E-state index >= 15 is 0 Å². The van der Waals surface area contributed by atoms with Crippen LogP contribution in [0.5, 0.6) is 0 Å². The molecule has 0 aliphatic heterocycles. The van der Waals surface area contributed by atoms with E-state index in [1.807, 2.05) is 0 Å². The molecule has 1 aromatic rings. The number of aliphatic carboxylic acids is 1. The van der Waals surface area contributed by atoms with Crippen molar-refractivity contribution in [3.63, 3.8) is 0 Å². The third-order valence-corrected chi connectivity index (χ3v) is 3.08. The van der Waals surface area contributed by atoms with Crippen LogP contribution in [0.4, 0.5) is 4.39 Å². The van der Waals surface area contributed by atoms with Crippen molar-refractivity contribution in [2.24, 2.45) is 5.92 Å². The average molecular weight is 262 g/mol. The predicted octanol–water partition coefficient (Wildman–Crippen LogP) is 3.05. The SMILES string of the molecule is O=C(O)CCC(=Cc1ccc(F)cc1)C(=O)C1CC1. The van der Waals surface area contributed by atoms with Crippen molar-refractivity contribution >= 4 is 17.8 Å². The van der Waals surface area contributed by atoms with E-state index in [4.69, 9.17) is 5.11 Å². The lowest BCUT2D eigenvalue weighted by Crippen LogP contribution is -2.07. The summed E-state index contributed by atoms with van der Waals surface area (Å²) in [5.74, 6) is -1.17. The largest absolute Gasteiger partial charge is 0.481 e. The smallest absolute Gasteiger partial charge is 0.303 e. The van der Waals surface area contributed by atoms with Gasteiger partial charge in [0.15, 0.2) is 5.78 Å². The van der Waals surface area contributed by atoms with Crippen LogP contribution in [0.1, 0.15) is 31.2 Å². The molecular formula is C15H15FO3. The van der Waals surface area contributed by atoms with Crippen molar-refractivity contribution in [1.29, 1.82) is 0 Å². The van der Waals surface area contributed by atoms with Gasteiger partial charge in [-0.25, -0.2) is 4.39 Å². The number of carboxylic acids is 1. The van der Waals surface area contributed by atoms with Crippen LogP contribution in [0.3, 0.4) is 0 Å². The summed E-state index contributed by atoms with van der Waals surface area (Å²) in [6.07, 6.45) is 3.59. The molecule has 1 aliphatic rings. The van der Waals surface area contributed by atoms with Crippen molar-refractivity contribution < 1.29 is 19.1 Å². The molecule has 1 aromatic carbocycles. The second kappa shape index (κ2) is 5.78. The summed E-state index contributed by atoms with van der Waals surface area (Å²) in [6.45, 7) is 0. The Hall–Kier alpha value is -1.97. The fraction of sp³-hybridized carbons (Fsp3) is 0.333. The van der Waals surface area contributed by atoms with Crippen LogP contribution in [0.15, 0.2) is 29.8 Å². The normalized spacial score (nSPS) is 15.3. The lowest BCUT2D eigenvalue weighted by atomic mass is 9.99. The number of hydrogen-bond acceptors (Lipinski definition) is 2. The van der Waals surface area contributed by atoms with Gasteiger partial charge in [0.2, 0.25) is 0 Å². The Kier molecular flexibility index (Phi) is 4.10. The molecule has 0 saturated heterocycles. The highest BCUT2D eigenvalue weighted by molar-refractivity contribution is 6.02. The number of rotatable bonds is 6. The number of carboxylic acid groups (broad SMARTS) is 1. The first-order valence-electron chi connectivity index (χ1n) is 6.28. The molecule has 100 valence electrons. The summed E-state index contributed by atoms with van der Waals surface area (Å²) in [4.78, 5) is 22.7. The predicted molar refractivity (Wildman–Crippen MR) is 69.0 cm³/mol. The molecule has 0 atom stereocenters. The van der Waals surface area contributed by atoms with Gasteiger partial charge in [-0.3, -0.25) is 9.59 Å². The quantitative estimate of drug-likeness (QED) is 0.802. The molecule has 3 nitrogen and oxygen atoms in total. The number of halogens is 1. The second-order valence-corrected chi connectivity index (χ2v) is 4.75. The molecule has 19 heavy (non-hydrogen) atoms. The molecule has 0 bridgehead atoms. The maximum Gasteiger partial charge on any atom is 0.303 e. The summed E-state index contributed by atoms with van der Waals surface area (Å²) in [5, 5.41) is 8.71. The minimum Gasteiger partial charge on any atom is -0.481 e. The molecule has 1 fully saturated rings. The van der Waals surface area contributed by atoms with E-state index in [1.54, 1.807) is 18.2 Å². The zero-order valence-electron chi connectivity index (χ0n) is 10.4. The molecule has 2 rings (SSSR count). The first kappa shape index (κ1) is 13.5. The molecule has 0 aromatic heterocycles. The van der Waals surface area contributed by atoms with E-state index < -0.39 is 5.97 Å². The van der Waals surface area contributed by atoms with Crippen molar-refractivity contribution in [3.8, 4) is 0 Å². The van der Waals surface area contributed by atoms with Crippen molar-refractivity contribution in [2.75, 3.05) is 0 Å². The Balaban J connectivity index is 2.17. The van der Waals surface area contributed by atoms with Gasteiger partial charge in [0.1, 0.15) is 5.82 Å². The molecule has 1 N–H and O–H groups in total. The summed E-state index contributed by atoms with van der Waals surface area (Å²) in [6, 6.07) is 5.80. The highest BCUT2D eigenvalue weighted by atomic mass is 19.1. The topological polar surface area (TPSA) is 54.4 Å². The molecular weight excluding hydrogens is 247 g/mol. The fourth-order valence-electron chi connectivity index (χ4n) is 1.88. The highest BCUT2D eigenvalue weighted by Crippen LogP contribution is 2.34. The molecule has 4 heteroatoms. The van der Waals surface area contributed by atoms with Crippen molar-refractivity contribution in [1.82, 2.24) is 0 Å². The Morgan fingerprint density at radius 3 is 2.37 bits per heavy atom. The van der Waals surface area contributed by atoms with Gasteiger partial charge < -0.3 is 5.11 Å². The lowest BCUT2D eigenvalue weighted by Gasteiger charge is -2.05. The number of carbonyl (C=O) groups excluding carboxylic acids is 1. The van der Waals surface area contributed by atoms with Crippen LogP contribution in [0.25, 0.3) is 6.08 Å². The number of carbonyl (C=O) groups is 2. The van der Waals surface area contributed by atoms with E-state index in [0.717, 1.165) is 18.4 Å². The number of benzene rings is 1. The minimum atomic E-state index is -0.923. The summed E-state index contributed by atoms with van der Waals surface area (Å²) >= 11 is 0. The van der Waals surface area contributed by atoms with E-state index in [0.29, 0.717) is 5.57 Å². The second-order valence-electron chi connectivity index (χ2n) is 4.75. The molecule has 0 unspecified atom stereocenters. The van der Waals surface area contributed by atoms with Gasteiger partial charge in [0, 0.05) is 12.3 Å². The maximum atomic E-state index is 12.8. The number of allylic oxidation sites excluding steroid dienone is 1. The third-order valence-electron chi connectivity index (χ3n) is 3.08. The first-order valence-corrected chi connectivity index (χ1v) is 6.28. The molecule has 1 aliphatic carbocycles. The summed E-state index contributed by atoms with van der Waals surface area (Å²) in [5.41, 5.74) is 1.24. The molecule has 0 amide bonds. The maximum absolute atomic E-state index is 12.8. The molecule has 0 heterocycles. The van der Waals surface area contributed by atoms with Gasteiger partial charge in [0.25, 0.3) is 0 Å². The van der Waals surface area contributed by atoms with Crippen LogP contribution in [-0.2, 0) is 9.59 Å². The molecule has 0 radical (unpaired) electrons. The number of ketones is 1. The van der Waals surface area contributed by atoms with Gasteiger partial charge in [-0.2, -0.15) is 0 Å². The van der Waals surface area contributed by atoms with E-state index in [-0.39, 0.29) is 30.4 Å². The zero-order chi connectivity index (χ0) is 13.8. The van der Waals surface area contributed by atoms with E-state index in [9.17, 15) is 14.0 Å². The van der Waals surface area contributed by atoms with Gasteiger partial charge in [-0.1, -0.05) is 12.1 Å². The first-order chi connectivity index (χ1) is 9.06. The van der Waals surface area contributed by atoms with Crippen LogP contribution >= 0.6 is 0 Å². The minimum absolute atomic E-state index is 0.0329. The monoisotopic (exact) mass is 262 g/mol. The average Bonchev–Trinajstić information content (AvgIpc) is 3.20. The highest BCUT2D eigenvalue weighted by Gasteiger charge is 2.31. The molecule has 1 saturated carbocycles. The Bertz CT molecular complexity index is 513. The summed E-state index contributed by atoms with van der Waals surface area (Å²) < 4.78 is 12.8. The number of Topliss-reactive ketones (excluding diaryl/α,β-unsaturated/α-hetero) is 1. The van der Waals surface area contributed by atoms with E-state index in [1.165, 1.54) is 12.1 Å². The summed E-state index contributed by atoms with van der Waals surface area (Å²) in [7, 11) is 0. The van der Waals surface area contributed by atoms with Crippen LogP contribution in [0, 0.1) is 11.7 Å². The Labute approximate surface area is 110 Å². The van der Waals surface area contributed by atoms with Crippen molar-refractivity contribution in [3.05, 3.63) is 41.2 Å². The standard InChI is InChI=1S/C15H15FO3/c16-13-6-1-10(2-7-13)9-12(5-8-14(17)18)15(19)11-3-4-11/h1-2,6-7,9,11H,3-5,8H2,(H,17,18). The van der Waals surface area contributed by atoms with Gasteiger partial charge in [-0.05, 0) is 48.6 Å². The number of hydrogen-bond donors (Lipinski definition) is 1.